The summed E-state index contributed by atoms with van der Waals surface area (Å²) >= 11 is 0. The summed E-state index contributed by atoms with van der Waals surface area (Å²) < 4.78 is 1.67. The van der Waals surface area contributed by atoms with Crippen LogP contribution in [0.1, 0.15) is 11.1 Å². The van der Waals surface area contributed by atoms with Gasteiger partial charge in [-0.05, 0) is 30.2 Å². The number of nitrogens with zero attached hydrogens (tertiary/aromatic N) is 3. The maximum atomic E-state index is 12.6. The Hall–Kier alpha value is -3.73. The summed E-state index contributed by atoms with van der Waals surface area (Å²) in [4.78, 5) is 21.3. The molecule has 28 heavy (non-hydrogen) atoms. The molecule has 0 saturated carbocycles. The number of aromatic nitrogens is 3. The number of hydrogen-bond acceptors (Lipinski definition) is 4. The molecule has 138 valence electrons. The predicted octanol–water partition coefficient (Wildman–Crippen LogP) is 3.91. The van der Waals surface area contributed by atoms with Crippen molar-refractivity contribution in [2.45, 2.75) is 13.5 Å². The van der Waals surface area contributed by atoms with Crippen LogP contribution in [0, 0.1) is 6.92 Å². The van der Waals surface area contributed by atoms with Gasteiger partial charge in [-0.15, -0.1) is 0 Å². The molecule has 5 heteroatoms. The second kappa shape index (κ2) is 7.48. The highest BCUT2D eigenvalue weighted by Gasteiger charge is 2.10. The third-order valence-electron chi connectivity index (χ3n) is 4.65. The van der Waals surface area contributed by atoms with Gasteiger partial charge in [-0.2, -0.15) is 0 Å². The highest BCUT2D eigenvalue weighted by Crippen LogP contribution is 2.26. The van der Waals surface area contributed by atoms with Gasteiger partial charge in [0.25, 0.3) is 5.56 Å². The highest BCUT2D eigenvalue weighted by atomic mass is 16.1. The molecule has 0 fully saturated rings. The fourth-order valence-electron chi connectivity index (χ4n) is 3.19. The van der Waals surface area contributed by atoms with E-state index in [1.165, 1.54) is 0 Å². The molecule has 4 rings (SSSR count). The number of nitrogens with two attached hydrogens (primary N) is 1. The van der Waals surface area contributed by atoms with Gasteiger partial charge in [0.1, 0.15) is 0 Å². The lowest BCUT2D eigenvalue weighted by Gasteiger charge is -2.10. The molecule has 2 heterocycles. The van der Waals surface area contributed by atoms with Crippen LogP contribution in [0.25, 0.3) is 22.5 Å². The van der Waals surface area contributed by atoms with Crippen molar-refractivity contribution in [3.05, 3.63) is 100 Å². The summed E-state index contributed by atoms with van der Waals surface area (Å²) in [7, 11) is 0. The van der Waals surface area contributed by atoms with E-state index in [1.54, 1.807) is 16.8 Å². The molecule has 2 aromatic carbocycles. The average Bonchev–Trinajstić information content (AvgIpc) is 2.70. The van der Waals surface area contributed by atoms with E-state index in [9.17, 15) is 4.79 Å². The lowest BCUT2D eigenvalue weighted by Crippen LogP contribution is -2.19. The summed E-state index contributed by atoms with van der Waals surface area (Å²) in [6, 6.07) is 23.2. The Labute approximate surface area is 163 Å². The Balaban J connectivity index is 1.71. The van der Waals surface area contributed by atoms with Crippen molar-refractivity contribution in [3.63, 3.8) is 0 Å². The smallest absolute Gasteiger partial charge is 0.251 e. The summed E-state index contributed by atoms with van der Waals surface area (Å²) in [6.07, 6.45) is 1.79. The van der Waals surface area contributed by atoms with Gasteiger partial charge >= 0.3 is 0 Å². The summed E-state index contributed by atoms with van der Waals surface area (Å²) in [5.74, 6) is 0.184. The van der Waals surface area contributed by atoms with E-state index in [0.29, 0.717) is 12.2 Å². The van der Waals surface area contributed by atoms with Crippen molar-refractivity contribution in [3.8, 4) is 22.5 Å². The molecule has 4 aromatic rings. The summed E-state index contributed by atoms with van der Waals surface area (Å²) in [5, 5.41) is 0. The number of pyridine rings is 1. The lowest BCUT2D eigenvalue weighted by molar-refractivity contribution is 0.760. The molecule has 0 atom stereocenters. The molecule has 0 spiro atoms. The van der Waals surface area contributed by atoms with E-state index in [2.05, 4.69) is 9.97 Å². The molecule has 0 aliphatic heterocycles. The number of hydrogen-bond donors (Lipinski definition) is 1. The average molecular weight is 368 g/mol. The van der Waals surface area contributed by atoms with Gasteiger partial charge in [0.15, 0.2) is 0 Å². The van der Waals surface area contributed by atoms with Crippen LogP contribution in [0.5, 0.6) is 0 Å². The first-order valence-corrected chi connectivity index (χ1v) is 9.05. The van der Waals surface area contributed by atoms with Gasteiger partial charge in [-0.1, -0.05) is 54.6 Å². The molecule has 0 amide bonds. The van der Waals surface area contributed by atoms with Gasteiger partial charge in [0, 0.05) is 23.4 Å². The molecule has 5 nitrogen and oxygen atoms in total. The van der Waals surface area contributed by atoms with E-state index in [4.69, 9.17) is 5.73 Å². The normalized spacial score (nSPS) is 10.8. The minimum Gasteiger partial charge on any atom is -0.368 e. The molecule has 0 aliphatic rings. The fourth-order valence-corrected chi connectivity index (χ4v) is 3.19. The van der Waals surface area contributed by atoms with Gasteiger partial charge in [0.05, 0.1) is 17.9 Å². The maximum absolute atomic E-state index is 12.6. The second-order valence-electron chi connectivity index (χ2n) is 6.68. The zero-order valence-electron chi connectivity index (χ0n) is 15.5. The topological polar surface area (TPSA) is 73.8 Å². The van der Waals surface area contributed by atoms with Crippen LogP contribution >= 0.6 is 0 Å². The van der Waals surface area contributed by atoms with E-state index < -0.39 is 0 Å². The van der Waals surface area contributed by atoms with Crippen LogP contribution in [0.4, 0.5) is 5.95 Å². The Kier molecular flexibility index (Phi) is 4.72. The first kappa shape index (κ1) is 17.7. The quantitative estimate of drug-likeness (QED) is 0.593. The van der Waals surface area contributed by atoms with Crippen molar-refractivity contribution >= 4 is 5.95 Å². The Morgan fingerprint density at radius 1 is 0.893 bits per heavy atom. The monoisotopic (exact) mass is 368 g/mol. The van der Waals surface area contributed by atoms with Crippen molar-refractivity contribution in [2.75, 3.05) is 5.73 Å². The van der Waals surface area contributed by atoms with Gasteiger partial charge in [-0.3, -0.25) is 4.79 Å². The van der Waals surface area contributed by atoms with E-state index in [1.807, 2.05) is 73.7 Å². The minimum atomic E-state index is -0.0871. The Morgan fingerprint density at radius 2 is 1.61 bits per heavy atom. The van der Waals surface area contributed by atoms with Crippen LogP contribution in [-0.2, 0) is 6.54 Å². The van der Waals surface area contributed by atoms with Crippen LogP contribution in [0.2, 0.25) is 0 Å². The lowest BCUT2D eigenvalue weighted by atomic mass is 10.0. The van der Waals surface area contributed by atoms with Crippen LogP contribution in [0.3, 0.4) is 0 Å². The highest BCUT2D eigenvalue weighted by molar-refractivity contribution is 5.70. The maximum Gasteiger partial charge on any atom is 0.251 e. The molecule has 0 bridgehead atoms. The fraction of sp³-hybridized carbons (Fsp3) is 0.0870. The minimum absolute atomic E-state index is 0.0871. The molecule has 2 N–H and O–H groups in total. The van der Waals surface area contributed by atoms with Crippen LogP contribution in [-0.4, -0.2) is 14.5 Å². The summed E-state index contributed by atoms with van der Waals surface area (Å²) in [5.41, 5.74) is 11.1. The van der Waals surface area contributed by atoms with Crippen molar-refractivity contribution < 1.29 is 0 Å². The third-order valence-corrected chi connectivity index (χ3v) is 4.65. The van der Waals surface area contributed by atoms with E-state index in [0.717, 1.165) is 27.9 Å². The SMILES string of the molecule is Cc1ccccc1-c1cc(-c2ccn(Cc3ccccc3)c(=O)c2)nc(N)n1. The van der Waals surface area contributed by atoms with E-state index in [-0.39, 0.29) is 11.5 Å². The first-order valence-electron chi connectivity index (χ1n) is 9.05. The van der Waals surface area contributed by atoms with Gasteiger partial charge < -0.3 is 10.3 Å². The van der Waals surface area contributed by atoms with Crippen molar-refractivity contribution in [1.82, 2.24) is 14.5 Å². The number of aryl methyl sites for hydroxylation is 1. The molecule has 0 unspecified atom stereocenters. The molecular formula is C23H20N4O. The first-order chi connectivity index (χ1) is 13.6. The number of benzene rings is 2. The molecular weight excluding hydrogens is 348 g/mol. The predicted molar refractivity (Wildman–Crippen MR) is 112 cm³/mol. The van der Waals surface area contributed by atoms with Crippen molar-refractivity contribution in [1.29, 1.82) is 0 Å². The Morgan fingerprint density at radius 3 is 2.36 bits per heavy atom. The van der Waals surface area contributed by atoms with Crippen molar-refractivity contribution in [2.24, 2.45) is 0 Å². The molecule has 0 radical (unpaired) electrons. The number of nitrogen functional groups attached to an aromatic ring is 1. The molecule has 0 aliphatic carbocycles. The Bertz CT molecular complexity index is 1180. The third kappa shape index (κ3) is 3.69. The molecule has 0 saturated heterocycles. The second-order valence-corrected chi connectivity index (χ2v) is 6.68. The summed E-state index contributed by atoms with van der Waals surface area (Å²) in [6.45, 7) is 2.55. The van der Waals surface area contributed by atoms with Crippen LogP contribution < -0.4 is 11.3 Å². The number of anilines is 1. The number of rotatable bonds is 4. The standard InChI is InChI=1S/C23H20N4O/c1-16-7-5-6-10-19(16)21-14-20(25-23(24)26-21)18-11-12-27(22(28)13-18)15-17-8-3-2-4-9-17/h2-14H,15H2,1H3,(H2,24,25,26). The molecule has 2 aromatic heterocycles. The van der Waals surface area contributed by atoms with Gasteiger partial charge in [-0.25, -0.2) is 9.97 Å². The zero-order valence-corrected chi connectivity index (χ0v) is 15.5. The van der Waals surface area contributed by atoms with E-state index >= 15 is 0 Å². The zero-order chi connectivity index (χ0) is 19.5. The van der Waals surface area contributed by atoms with Crippen LogP contribution in [0.15, 0.2) is 83.8 Å². The largest absolute Gasteiger partial charge is 0.368 e. The van der Waals surface area contributed by atoms with Gasteiger partial charge in [0.2, 0.25) is 5.95 Å².